The molecule has 0 heterocycles. The molecule has 0 aromatic heterocycles. The van der Waals surface area contributed by atoms with E-state index in [-0.39, 0.29) is 38.0 Å². The minimum atomic E-state index is -0.842. The van der Waals surface area contributed by atoms with Crippen molar-refractivity contribution in [2.45, 2.75) is 155 Å². The van der Waals surface area contributed by atoms with Crippen LogP contribution < -0.4 is 0 Å². The highest BCUT2D eigenvalue weighted by atomic mass is 16.6. The fraction of sp³-hybridized carbons (Fsp3) is 0.553. The van der Waals surface area contributed by atoms with Gasteiger partial charge in [0.25, 0.3) is 0 Å². The number of rotatable bonds is 34. The molecule has 0 aliphatic carbocycles. The van der Waals surface area contributed by atoms with Crippen molar-refractivity contribution < 1.29 is 28.6 Å². The highest BCUT2D eigenvalue weighted by molar-refractivity contribution is 5.72. The molecule has 0 radical (unpaired) electrons. The van der Waals surface area contributed by atoms with Crippen LogP contribution in [0, 0.1) is 0 Å². The zero-order valence-electron chi connectivity index (χ0n) is 33.5. The molecule has 0 fully saturated rings. The van der Waals surface area contributed by atoms with Crippen LogP contribution in [0.25, 0.3) is 0 Å². The smallest absolute Gasteiger partial charge is 0.310 e. The van der Waals surface area contributed by atoms with Crippen molar-refractivity contribution in [3.8, 4) is 0 Å². The third kappa shape index (κ3) is 39.1. The molecule has 1 unspecified atom stereocenters. The van der Waals surface area contributed by atoms with Crippen LogP contribution in [0.4, 0.5) is 0 Å². The van der Waals surface area contributed by atoms with Crippen LogP contribution in [0.2, 0.25) is 0 Å². The molecule has 1 atom stereocenters. The van der Waals surface area contributed by atoms with Crippen molar-refractivity contribution >= 4 is 17.9 Å². The number of carbonyl (C=O) groups excluding carboxylic acids is 3. The first-order valence-corrected chi connectivity index (χ1v) is 20.5. The summed E-state index contributed by atoms with van der Waals surface area (Å²) >= 11 is 0. The fourth-order valence-electron chi connectivity index (χ4n) is 4.95. The number of unbranched alkanes of at least 4 members (excludes halogenated alkanes) is 11. The highest BCUT2D eigenvalue weighted by Crippen LogP contribution is 2.12. The van der Waals surface area contributed by atoms with Gasteiger partial charge in [-0.05, 0) is 51.4 Å². The van der Waals surface area contributed by atoms with Gasteiger partial charge in [0, 0.05) is 12.8 Å². The number of carbonyl (C=O) groups is 3. The molecule has 6 heteroatoms. The second kappa shape index (κ2) is 40.8. The van der Waals surface area contributed by atoms with Gasteiger partial charge in [0.05, 0.1) is 6.42 Å². The molecule has 0 saturated heterocycles. The molecule has 53 heavy (non-hydrogen) atoms. The number of allylic oxidation sites excluding steroid dienone is 17. The summed E-state index contributed by atoms with van der Waals surface area (Å²) in [5, 5.41) is 0. The molecule has 0 bridgehead atoms. The van der Waals surface area contributed by atoms with E-state index in [0.717, 1.165) is 64.2 Å². The third-order valence-corrected chi connectivity index (χ3v) is 7.97. The maximum Gasteiger partial charge on any atom is 0.310 e. The van der Waals surface area contributed by atoms with E-state index >= 15 is 0 Å². The molecular weight excluding hydrogens is 661 g/mol. The van der Waals surface area contributed by atoms with Crippen LogP contribution in [-0.2, 0) is 28.6 Å². The molecule has 0 amide bonds. The lowest BCUT2D eigenvalue weighted by Crippen LogP contribution is -2.30. The van der Waals surface area contributed by atoms with Crippen molar-refractivity contribution in [3.05, 3.63) is 109 Å². The Morgan fingerprint density at radius 2 is 0.868 bits per heavy atom. The molecule has 296 valence electrons. The molecule has 0 N–H and O–H groups in total. The molecule has 0 aliphatic heterocycles. The average molecular weight is 733 g/mol. The van der Waals surface area contributed by atoms with Crippen LogP contribution in [0.5, 0.6) is 0 Å². The zero-order valence-corrected chi connectivity index (χ0v) is 33.5. The normalized spacial score (nSPS) is 13.2. The Bertz CT molecular complexity index is 1160. The average Bonchev–Trinajstić information content (AvgIpc) is 3.15. The van der Waals surface area contributed by atoms with Crippen molar-refractivity contribution in [1.82, 2.24) is 0 Å². The molecule has 0 aromatic carbocycles. The summed E-state index contributed by atoms with van der Waals surface area (Å²) in [4.78, 5) is 37.4. The van der Waals surface area contributed by atoms with E-state index in [9.17, 15) is 14.4 Å². The van der Waals surface area contributed by atoms with E-state index in [1.165, 1.54) is 38.5 Å². The molecule has 0 saturated carbocycles. The standard InChI is InChI=1S/C47H72O6/c1-4-7-10-13-16-19-20-21-22-23-24-25-26-29-31-34-37-40-46(49)52-43-44(53-47(50)41-38-35-32-28-18-15-12-9-6-3)42-51-45(48)39-36-33-30-27-17-14-11-8-5-2/h7,9-10,12-13,16,18-26,28,35,38,44H,4-6,8,11,14-15,17,27,29-34,36-37,39-43H2,1-3H3/b10-7-,12-9-,16-13-,20-19-,22-21-,24-23+,26-25-,28-18-,38-35-. The quantitative estimate of drug-likeness (QED) is 0.0215. The van der Waals surface area contributed by atoms with Crippen LogP contribution in [0.3, 0.4) is 0 Å². The summed E-state index contributed by atoms with van der Waals surface area (Å²) in [5.41, 5.74) is 0. The topological polar surface area (TPSA) is 78.9 Å². The number of hydrogen-bond acceptors (Lipinski definition) is 6. The summed E-state index contributed by atoms with van der Waals surface area (Å²) in [6.45, 7) is 6.17. The van der Waals surface area contributed by atoms with Crippen LogP contribution in [-0.4, -0.2) is 37.2 Å². The molecule has 0 rings (SSSR count). The maximum absolute atomic E-state index is 12.5. The van der Waals surface area contributed by atoms with E-state index < -0.39 is 12.1 Å². The lowest BCUT2D eigenvalue weighted by molar-refractivity contribution is -0.166. The second-order valence-corrected chi connectivity index (χ2v) is 13.0. The zero-order chi connectivity index (χ0) is 38.7. The first-order chi connectivity index (χ1) is 26.0. The second-order valence-electron chi connectivity index (χ2n) is 13.0. The Hall–Kier alpha value is -3.93. The highest BCUT2D eigenvalue weighted by Gasteiger charge is 2.19. The molecule has 0 aromatic rings. The van der Waals surface area contributed by atoms with Gasteiger partial charge in [0.1, 0.15) is 13.2 Å². The minimum Gasteiger partial charge on any atom is -0.462 e. The van der Waals surface area contributed by atoms with Crippen LogP contribution >= 0.6 is 0 Å². The molecule has 6 nitrogen and oxygen atoms in total. The van der Waals surface area contributed by atoms with Gasteiger partial charge in [0.2, 0.25) is 0 Å². The lowest BCUT2D eigenvalue weighted by Gasteiger charge is -2.18. The predicted molar refractivity (Wildman–Crippen MR) is 223 cm³/mol. The number of ether oxygens (including phenoxy) is 3. The Kier molecular flexibility index (Phi) is 37.8. The summed E-state index contributed by atoms with van der Waals surface area (Å²) in [7, 11) is 0. The predicted octanol–water partition coefficient (Wildman–Crippen LogP) is 12.9. The minimum absolute atomic E-state index is 0.0912. The Morgan fingerprint density at radius 1 is 0.434 bits per heavy atom. The Morgan fingerprint density at radius 3 is 1.40 bits per heavy atom. The van der Waals surface area contributed by atoms with E-state index in [2.05, 4.69) is 57.2 Å². The van der Waals surface area contributed by atoms with E-state index in [1.807, 2.05) is 66.8 Å². The van der Waals surface area contributed by atoms with Crippen molar-refractivity contribution in [3.63, 3.8) is 0 Å². The van der Waals surface area contributed by atoms with E-state index in [4.69, 9.17) is 14.2 Å². The van der Waals surface area contributed by atoms with Gasteiger partial charge in [-0.25, -0.2) is 0 Å². The van der Waals surface area contributed by atoms with Gasteiger partial charge in [-0.2, -0.15) is 0 Å². The maximum atomic E-state index is 12.5. The SMILES string of the molecule is CC\C=C/C=C\C=C/C=C\C=C\C=C/CCCCCC(=O)OCC(COC(=O)CCCCCCCCCCC)OC(=O)C/C=C\C/C=C\C/C=C\CC. The third-order valence-electron chi connectivity index (χ3n) is 7.97. The molecule has 0 aliphatic rings. The van der Waals surface area contributed by atoms with E-state index in [1.54, 1.807) is 6.08 Å². The van der Waals surface area contributed by atoms with Crippen molar-refractivity contribution in [1.29, 1.82) is 0 Å². The summed E-state index contributed by atoms with van der Waals surface area (Å²) in [5.74, 6) is -1.12. The van der Waals surface area contributed by atoms with Gasteiger partial charge in [-0.1, -0.05) is 188 Å². The van der Waals surface area contributed by atoms with Crippen molar-refractivity contribution in [2.75, 3.05) is 13.2 Å². The van der Waals surface area contributed by atoms with Gasteiger partial charge < -0.3 is 14.2 Å². The van der Waals surface area contributed by atoms with Gasteiger partial charge >= 0.3 is 17.9 Å². The van der Waals surface area contributed by atoms with Gasteiger partial charge in [0.15, 0.2) is 6.10 Å². The summed E-state index contributed by atoms with van der Waals surface area (Å²) < 4.78 is 16.4. The summed E-state index contributed by atoms with van der Waals surface area (Å²) in [6.07, 6.45) is 53.9. The van der Waals surface area contributed by atoms with Crippen LogP contribution in [0.15, 0.2) is 109 Å². The largest absolute Gasteiger partial charge is 0.462 e. The van der Waals surface area contributed by atoms with Crippen molar-refractivity contribution in [2.24, 2.45) is 0 Å². The first-order valence-electron chi connectivity index (χ1n) is 20.5. The lowest BCUT2D eigenvalue weighted by atomic mass is 10.1. The summed E-state index contributed by atoms with van der Waals surface area (Å²) in [6, 6.07) is 0. The van der Waals surface area contributed by atoms with E-state index in [0.29, 0.717) is 12.8 Å². The first kappa shape index (κ1) is 49.1. The monoisotopic (exact) mass is 733 g/mol. The molecule has 0 spiro atoms. The number of esters is 3. The molecular formula is C47H72O6. The van der Waals surface area contributed by atoms with Gasteiger partial charge in [-0.15, -0.1) is 0 Å². The van der Waals surface area contributed by atoms with Gasteiger partial charge in [-0.3, -0.25) is 14.4 Å². The number of hydrogen-bond donors (Lipinski definition) is 0. The Balaban J connectivity index is 4.54. The Labute approximate surface area is 323 Å². The van der Waals surface area contributed by atoms with Crippen LogP contribution in [0.1, 0.15) is 149 Å². The fourth-order valence-corrected chi connectivity index (χ4v) is 4.95.